The first-order valence-electron chi connectivity index (χ1n) is 4.56. The van der Waals surface area contributed by atoms with Crippen molar-refractivity contribution in [3.63, 3.8) is 0 Å². The Morgan fingerprint density at radius 3 is 2.47 bits per heavy atom. The van der Waals surface area contributed by atoms with Gasteiger partial charge in [0.2, 0.25) is 0 Å². The third-order valence-electron chi connectivity index (χ3n) is 2.00. The van der Waals surface area contributed by atoms with E-state index in [1.54, 1.807) is 18.2 Å². The predicted molar refractivity (Wildman–Crippen MR) is 62.8 cm³/mol. The van der Waals surface area contributed by atoms with Crippen LogP contribution >= 0.6 is 11.6 Å². The van der Waals surface area contributed by atoms with Gasteiger partial charge in [-0.25, -0.2) is 0 Å². The zero-order valence-corrected chi connectivity index (χ0v) is 8.70. The number of aromatic hydroxyl groups is 1. The van der Waals surface area contributed by atoms with Crippen LogP contribution < -0.4 is 5.32 Å². The molecule has 0 aliphatic carbocycles. The van der Waals surface area contributed by atoms with Crippen LogP contribution in [0.15, 0.2) is 48.5 Å². The quantitative estimate of drug-likeness (QED) is 0.806. The van der Waals surface area contributed by atoms with E-state index in [-0.39, 0.29) is 5.75 Å². The van der Waals surface area contributed by atoms with E-state index in [4.69, 9.17) is 11.6 Å². The lowest BCUT2D eigenvalue weighted by atomic mass is 10.2. The van der Waals surface area contributed by atoms with Crippen molar-refractivity contribution in [2.45, 2.75) is 0 Å². The van der Waals surface area contributed by atoms with Gasteiger partial charge in [0, 0.05) is 11.8 Å². The molecule has 3 heteroatoms. The molecule has 0 aliphatic heterocycles. The monoisotopic (exact) mass is 219 g/mol. The van der Waals surface area contributed by atoms with Gasteiger partial charge >= 0.3 is 0 Å². The Hall–Kier alpha value is -1.67. The summed E-state index contributed by atoms with van der Waals surface area (Å²) in [6.45, 7) is 0. The van der Waals surface area contributed by atoms with Crippen molar-refractivity contribution in [2.75, 3.05) is 5.32 Å². The maximum Gasteiger partial charge on any atom is 0.117 e. The van der Waals surface area contributed by atoms with Crippen molar-refractivity contribution >= 4 is 23.0 Å². The Bertz CT molecular complexity index is 456. The predicted octanol–water partition coefficient (Wildman–Crippen LogP) is 3.79. The summed E-state index contributed by atoms with van der Waals surface area (Å²) >= 11 is 5.97. The minimum Gasteiger partial charge on any atom is -0.508 e. The molecule has 0 fully saturated rings. The summed E-state index contributed by atoms with van der Waals surface area (Å²) in [5.74, 6) is 0.192. The number of phenols is 1. The number of hydrogen-bond donors (Lipinski definition) is 2. The number of hydrogen-bond acceptors (Lipinski definition) is 2. The summed E-state index contributed by atoms with van der Waals surface area (Å²) in [7, 11) is 0. The summed E-state index contributed by atoms with van der Waals surface area (Å²) in [6.07, 6.45) is 0. The molecule has 0 radical (unpaired) electrons. The fourth-order valence-electron chi connectivity index (χ4n) is 1.29. The fourth-order valence-corrected chi connectivity index (χ4v) is 1.45. The number of para-hydroxylation sites is 1. The standard InChI is InChI=1S/C12H10ClNO/c13-11-7-6-10(15)8-12(11)14-9-4-2-1-3-5-9/h1-8,14-15H. The molecule has 2 N–H and O–H groups in total. The number of halogens is 1. The van der Waals surface area contributed by atoms with Gasteiger partial charge in [-0.2, -0.15) is 0 Å². The normalized spacial score (nSPS) is 9.93. The largest absolute Gasteiger partial charge is 0.508 e. The van der Waals surface area contributed by atoms with E-state index in [9.17, 15) is 5.11 Å². The number of nitrogens with one attached hydrogen (secondary N) is 1. The van der Waals surface area contributed by atoms with E-state index in [0.29, 0.717) is 10.7 Å². The first-order chi connectivity index (χ1) is 7.25. The van der Waals surface area contributed by atoms with Crippen molar-refractivity contribution in [1.29, 1.82) is 0 Å². The first-order valence-corrected chi connectivity index (χ1v) is 4.94. The van der Waals surface area contributed by atoms with Gasteiger partial charge in [0.15, 0.2) is 0 Å². The molecule has 0 amide bonds. The maximum absolute atomic E-state index is 9.32. The molecular weight excluding hydrogens is 210 g/mol. The SMILES string of the molecule is Oc1ccc(Cl)c(Nc2ccccc2)c1. The maximum atomic E-state index is 9.32. The average molecular weight is 220 g/mol. The molecule has 0 atom stereocenters. The molecule has 2 nitrogen and oxygen atoms in total. The Labute approximate surface area is 93.1 Å². The number of anilines is 2. The first kappa shape index (κ1) is 9.87. The van der Waals surface area contributed by atoms with E-state index < -0.39 is 0 Å². The molecule has 0 bridgehead atoms. The zero-order valence-electron chi connectivity index (χ0n) is 7.94. The van der Waals surface area contributed by atoms with Crippen molar-refractivity contribution in [2.24, 2.45) is 0 Å². The number of benzene rings is 2. The fraction of sp³-hybridized carbons (Fsp3) is 0. The summed E-state index contributed by atoms with van der Waals surface area (Å²) in [5.41, 5.74) is 1.63. The Morgan fingerprint density at radius 2 is 1.73 bits per heavy atom. The van der Waals surface area contributed by atoms with Crippen molar-refractivity contribution in [1.82, 2.24) is 0 Å². The van der Waals surface area contributed by atoms with Crippen molar-refractivity contribution < 1.29 is 5.11 Å². The van der Waals surface area contributed by atoms with Crippen LogP contribution in [0.4, 0.5) is 11.4 Å². The molecule has 0 aromatic heterocycles. The molecule has 0 saturated heterocycles. The lowest BCUT2D eigenvalue weighted by Gasteiger charge is -2.08. The highest BCUT2D eigenvalue weighted by atomic mass is 35.5. The van der Waals surface area contributed by atoms with Crippen LogP contribution in [-0.4, -0.2) is 5.11 Å². The minimum absolute atomic E-state index is 0.192. The van der Waals surface area contributed by atoms with Crippen LogP contribution in [-0.2, 0) is 0 Å². The smallest absolute Gasteiger partial charge is 0.117 e. The van der Waals surface area contributed by atoms with Gasteiger partial charge in [-0.15, -0.1) is 0 Å². The molecule has 76 valence electrons. The third-order valence-corrected chi connectivity index (χ3v) is 2.33. The summed E-state index contributed by atoms with van der Waals surface area (Å²) < 4.78 is 0. The molecule has 0 heterocycles. The van der Waals surface area contributed by atoms with E-state index >= 15 is 0 Å². The minimum atomic E-state index is 0.192. The van der Waals surface area contributed by atoms with Gasteiger partial charge in [-0.1, -0.05) is 29.8 Å². The average Bonchev–Trinajstić information content (AvgIpc) is 2.25. The Morgan fingerprint density at radius 1 is 1.00 bits per heavy atom. The second-order valence-electron chi connectivity index (χ2n) is 3.16. The molecule has 0 unspecified atom stereocenters. The van der Waals surface area contributed by atoms with Gasteiger partial charge in [-0.05, 0) is 24.3 Å². The van der Waals surface area contributed by atoms with Crippen LogP contribution in [0.5, 0.6) is 5.75 Å². The topological polar surface area (TPSA) is 32.3 Å². The van der Waals surface area contributed by atoms with Crippen LogP contribution in [0.25, 0.3) is 0 Å². The van der Waals surface area contributed by atoms with Crippen LogP contribution in [0, 0.1) is 0 Å². The van der Waals surface area contributed by atoms with Gasteiger partial charge in [0.05, 0.1) is 10.7 Å². The van der Waals surface area contributed by atoms with E-state index in [0.717, 1.165) is 5.69 Å². The number of phenolic OH excluding ortho intramolecular Hbond substituents is 1. The number of rotatable bonds is 2. The van der Waals surface area contributed by atoms with Gasteiger partial charge < -0.3 is 10.4 Å². The van der Waals surface area contributed by atoms with Crippen molar-refractivity contribution in [3.8, 4) is 5.75 Å². The van der Waals surface area contributed by atoms with Gasteiger partial charge in [0.25, 0.3) is 0 Å². The summed E-state index contributed by atoms with van der Waals surface area (Å²) in [5, 5.41) is 13.0. The Kier molecular flexibility index (Phi) is 2.79. The molecular formula is C12H10ClNO. The highest BCUT2D eigenvalue weighted by Crippen LogP contribution is 2.28. The lowest BCUT2D eigenvalue weighted by Crippen LogP contribution is -1.90. The second kappa shape index (κ2) is 4.24. The third kappa shape index (κ3) is 2.42. The zero-order chi connectivity index (χ0) is 10.7. The summed E-state index contributed by atoms with van der Waals surface area (Å²) in [6, 6.07) is 14.5. The van der Waals surface area contributed by atoms with E-state index in [2.05, 4.69) is 5.32 Å². The van der Waals surface area contributed by atoms with Crippen LogP contribution in [0.1, 0.15) is 0 Å². The van der Waals surface area contributed by atoms with Gasteiger partial charge in [-0.3, -0.25) is 0 Å². The summed E-state index contributed by atoms with van der Waals surface area (Å²) in [4.78, 5) is 0. The Balaban J connectivity index is 2.28. The van der Waals surface area contributed by atoms with Crippen LogP contribution in [0.2, 0.25) is 5.02 Å². The highest BCUT2D eigenvalue weighted by molar-refractivity contribution is 6.33. The lowest BCUT2D eigenvalue weighted by molar-refractivity contribution is 0.475. The van der Waals surface area contributed by atoms with Gasteiger partial charge in [0.1, 0.15) is 5.75 Å². The molecule has 0 spiro atoms. The van der Waals surface area contributed by atoms with E-state index in [1.807, 2.05) is 30.3 Å². The second-order valence-corrected chi connectivity index (χ2v) is 3.56. The molecule has 2 rings (SSSR count). The van der Waals surface area contributed by atoms with Crippen LogP contribution in [0.3, 0.4) is 0 Å². The highest BCUT2D eigenvalue weighted by Gasteiger charge is 2.01. The molecule has 0 aliphatic rings. The van der Waals surface area contributed by atoms with E-state index in [1.165, 1.54) is 0 Å². The molecule has 2 aromatic rings. The van der Waals surface area contributed by atoms with Crippen molar-refractivity contribution in [3.05, 3.63) is 53.6 Å². The molecule has 15 heavy (non-hydrogen) atoms. The molecule has 0 saturated carbocycles. The molecule has 2 aromatic carbocycles.